The highest BCUT2D eigenvalue weighted by molar-refractivity contribution is 7.12. The summed E-state index contributed by atoms with van der Waals surface area (Å²) in [5, 5.41) is 1.68. The summed E-state index contributed by atoms with van der Waals surface area (Å²) < 4.78 is 5.56. The van der Waals surface area contributed by atoms with Crippen molar-refractivity contribution in [1.82, 2.24) is 4.98 Å². The van der Waals surface area contributed by atoms with Gasteiger partial charge in [-0.15, -0.1) is 11.3 Å². The summed E-state index contributed by atoms with van der Waals surface area (Å²) in [5.74, 6) is -0.311. The van der Waals surface area contributed by atoms with Gasteiger partial charge in [0, 0.05) is 18.0 Å². The molecule has 0 N–H and O–H groups in total. The number of benzene rings is 1. The largest absolute Gasteiger partial charge is 0.423 e. The number of carbonyl (C=O) groups is 2. The maximum Gasteiger partial charge on any atom is 0.305 e. The molecule has 3 aromatic rings. The minimum absolute atomic E-state index is 0.0604. The van der Waals surface area contributed by atoms with Gasteiger partial charge in [-0.2, -0.15) is 4.98 Å². The van der Waals surface area contributed by atoms with E-state index in [0.717, 1.165) is 0 Å². The fourth-order valence-corrected chi connectivity index (χ4v) is 2.81. The lowest BCUT2D eigenvalue weighted by molar-refractivity contribution is 0.0992. The molecule has 0 fully saturated rings. The molecule has 0 bridgehead atoms. The number of para-hydroxylation sites is 2. The van der Waals surface area contributed by atoms with Crippen LogP contribution in [0.5, 0.6) is 0 Å². The lowest BCUT2D eigenvalue weighted by Gasteiger charge is -2.10. The van der Waals surface area contributed by atoms with Gasteiger partial charge in [-0.05, 0) is 25.1 Å². The van der Waals surface area contributed by atoms with E-state index in [2.05, 4.69) is 4.98 Å². The van der Waals surface area contributed by atoms with Gasteiger partial charge < -0.3 is 4.42 Å². The van der Waals surface area contributed by atoms with Crippen LogP contribution in [0.1, 0.15) is 27.0 Å². The molecule has 2 aromatic heterocycles. The average Bonchev–Trinajstić information content (AvgIpc) is 3.12. The quantitative estimate of drug-likeness (QED) is 0.696. The third-order valence-corrected chi connectivity index (χ3v) is 4.01. The maximum atomic E-state index is 12.4. The van der Waals surface area contributed by atoms with Crippen LogP contribution in [0.15, 0.2) is 40.1 Å². The highest BCUT2D eigenvalue weighted by Gasteiger charge is 2.20. The number of amides is 1. The molecule has 0 aliphatic heterocycles. The SMILES string of the molecule is CC(=O)c1csc(C(=O)N(C)c2nc3ccccc3o2)c1. The summed E-state index contributed by atoms with van der Waals surface area (Å²) in [5.41, 5.74) is 1.86. The number of thiophene rings is 1. The molecule has 0 radical (unpaired) electrons. The number of Topliss-reactive ketones (excluding diaryl/α,β-unsaturated/α-hetero) is 1. The Kier molecular flexibility index (Phi) is 3.31. The van der Waals surface area contributed by atoms with Gasteiger partial charge in [-0.25, -0.2) is 0 Å². The van der Waals surface area contributed by atoms with Crippen molar-refractivity contribution in [3.05, 3.63) is 46.2 Å². The molecular weight excluding hydrogens is 288 g/mol. The first-order valence-corrected chi connectivity index (χ1v) is 7.17. The number of oxazole rings is 1. The third kappa shape index (κ3) is 2.45. The Morgan fingerprint density at radius 3 is 2.71 bits per heavy atom. The second-order valence-electron chi connectivity index (χ2n) is 4.58. The summed E-state index contributed by atoms with van der Waals surface area (Å²) in [6, 6.07) is 9.14. The Hall–Kier alpha value is -2.47. The van der Waals surface area contributed by atoms with Gasteiger partial charge in [0.1, 0.15) is 5.52 Å². The van der Waals surface area contributed by atoms with E-state index in [4.69, 9.17) is 4.42 Å². The summed E-state index contributed by atoms with van der Waals surface area (Å²) in [6.07, 6.45) is 0. The van der Waals surface area contributed by atoms with Crippen molar-refractivity contribution < 1.29 is 14.0 Å². The number of rotatable bonds is 3. The Morgan fingerprint density at radius 2 is 2.05 bits per heavy atom. The van der Waals surface area contributed by atoms with E-state index in [0.29, 0.717) is 21.5 Å². The van der Waals surface area contributed by atoms with E-state index in [1.165, 1.54) is 23.2 Å². The van der Waals surface area contributed by atoms with Gasteiger partial charge in [0.15, 0.2) is 11.4 Å². The zero-order valence-corrected chi connectivity index (χ0v) is 12.3. The Bertz CT molecular complexity index is 801. The lowest BCUT2D eigenvalue weighted by atomic mass is 10.2. The molecule has 2 heterocycles. The van der Waals surface area contributed by atoms with Gasteiger partial charge >= 0.3 is 6.01 Å². The standard InChI is InChI=1S/C15H12N2O3S/c1-9(18)10-7-13(21-8-10)14(19)17(2)15-16-11-5-3-4-6-12(11)20-15/h3-8H,1-2H3. The van der Waals surface area contributed by atoms with Crippen molar-refractivity contribution in [2.24, 2.45) is 0 Å². The highest BCUT2D eigenvalue weighted by Crippen LogP contribution is 2.24. The van der Waals surface area contributed by atoms with E-state index < -0.39 is 0 Å². The van der Waals surface area contributed by atoms with E-state index in [9.17, 15) is 9.59 Å². The molecule has 1 amide bonds. The van der Waals surface area contributed by atoms with Crippen molar-refractivity contribution in [3.8, 4) is 0 Å². The van der Waals surface area contributed by atoms with Gasteiger partial charge in [0.25, 0.3) is 5.91 Å². The van der Waals surface area contributed by atoms with Gasteiger partial charge in [-0.1, -0.05) is 12.1 Å². The van der Waals surface area contributed by atoms with Crippen molar-refractivity contribution in [2.45, 2.75) is 6.92 Å². The van der Waals surface area contributed by atoms with Crippen LogP contribution in [0.25, 0.3) is 11.1 Å². The topological polar surface area (TPSA) is 63.4 Å². The fourth-order valence-electron chi connectivity index (χ4n) is 1.89. The fraction of sp³-hybridized carbons (Fsp3) is 0.133. The summed E-state index contributed by atoms with van der Waals surface area (Å²) in [4.78, 5) is 29.8. The predicted molar refractivity (Wildman–Crippen MR) is 81.1 cm³/mol. The number of anilines is 1. The summed E-state index contributed by atoms with van der Waals surface area (Å²) >= 11 is 1.23. The van der Waals surface area contributed by atoms with Crippen molar-refractivity contribution >= 4 is 40.1 Å². The normalized spacial score (nSPS) is 10.8. The van der Waals surface area contributed by atoms with Crippen LogP contribution in [0, 0.1) is 0 Å². The second kappa shape index (κ2) is 5.14. The molecular formula is C15H12N2O3S. The minimum Gasteiger partial charge on any atom is -0.423 e. The number of hydrogen-bond acceptors (Lipinski definition) is 5. The molecule has 5 nitrogen and oxygen atoms in total. The third-order valence-electron chi connectivity index (χ3n) is 3.09. The van der Waals surface area contributed by atoms with Crippen molar-refractivity contribution in [2.75, 3.05) is 11.9 Å². The molecule has 21 heavy (non-hydrogen) atoms. The first-order valence-electron chi connectivity index (χ1n) is 6.29. The molecule has 0 spiro atoms. The minimum atomic E-state index is -0.251. The summed E-state index contributed by atoms with van der Waals surface area (Å²) in [7, 11) is 1.60. The Morgan fingerprint density at radius 1 is 1.29 bits per heavy atom. The molecule has 6 heteroatoms. The smallest absolute Gasteiger partial charge is 0.305 e. The molecule has 0 unspecified atom stereocenters. The van der Waals surface area contributed by atoms with Crippen LogP contribution < -0.4 is 4.90 Å². The van der Waals surface area contributed by atoms with Crippen LogP contribution in [0.4, 0.5) is 6.01 Å². The number of nitrogens with zero attached hydrogens (tertiary/aromatic N) is 2. The number of fused-ring (bicyclic) bond motifs is 1. The highest BCUT2D eigenvalue weighted by atomic mass is 32.1. The molecule has 0 saturated carbocycles. The van der Waals surface area contributed by atoms with Crippen LogP contribution in [0.2, 0.25) is 0 Å². The van der Waals surface area contributed by atoms with Crippen LogP contribution in [0.3, 0.4) is 0 Å². The van der Waals surface area contributed by atoms with Crippen LogP contribution in [-0.2, 0) is 0 Å². The first kappa shape index (κ1) is 13.5. The van der Waals surface area contributed by atoms with E-state index in [1.54, 1.807) is 24.6 Å². The Labute approximate surface area is 124 Å². The molecule has 0 aliphatic rings. The lowest BCUT2D eigenvalue weighted by Crippen LogP contribution is -2.25. The maximum absolute atomic E-state index is 12.4. The van der Waals surface area contributed by atoms with Gasteiger partial charge in [0.05, 0.1) is 4.88 Å². The molecule has 3 rings (SSSR count). The van der Waals surface area contributed by atoms with Gasteiger partial charge in [0.2, 0.25) is 0 Å². The molecule has 1 aromatic carbocycles. The molecule has 106 valence electrons. The molecule has 0 atom stereocenters. The number of aromatic nitrogens is 1. The van der Waals surface area contributed by atoms with E-state index >= 15 is 0 Å². The van der Waals surface area contributed by atoms with E-state index in [-0.39, 0.29) is 17.7 Å². The number of carbonyl (C=O) groups excluding carboxylic acids is 2. The monoisotopic (exact) mass is 300 g/mol. The predicted octanol–water partition coefficient (Wildman–Crippen LogP) is 3.37. The number of hydrogen-bond donors (Lipinski definition) is 0. The van der Waals surface area contributed by atoms with Crippen LogP contribution in [-0.4, -0.2) is 23.7 Å². The molecule has 0 saturated heterocycles. The van der Waals surface area contributed by atoms with E-state index in [1.807, 2.05) is 18.2 Å². The summed E-state index contributed by atoms with van der Waals surface area (Å²) in [6.45, 7) is 1.47. The van der Waals surface area contributed by atoms with Crippen molar-refractivity contribution in [3.63, 3.8) is 0 Å². The molecule has 0 aliphatic carbocycles. The average molecular weight is 300 g/mol. The van der Waals surface area contributed by atoms with Gasteiger partial charge in [-0.3, -0.25) is 14.5 Å². The van der Waals surface area contributed by atoms with Crippen LogP contribution >= 0.6 is 11.3 Å². The number of ketones is 1. The zero-order chi connectivity index (χ0) is 15.0. The zero-order valence-electron chi connectivity index (χ0n) is 11.5. The van der Waals surface area contributed by atoms with Crippen molar-refractivity contribution in [1.29, 1.82) is 0 Å². The first-order chi connectivity index (χ1) is 10.1. The Balaban J connectivity index is 1.91. The second-order valence-corrected chi connectivity index (χ2v) is 5.50.